The molecular formula is C23H26N2O. The number of nitrogens with one attached hydrogen (secondary N) is 1. The van der Waals surface area contributed by atoms with Gasteiger partial charge in [-0.1, -0.05) is 87.9 Å². The fourth-order valence-corrected chi connectivity index (χ4v) is 2.41. The first-order valence-electron chi connectivity index (χ1n) is 8.99. The highest BCUT2D eigenvalue weighted by atomic mass is 16.1. The molecule has 0 saturated heterocycles. The van der Waals surface area contributed by atoms with Crippen LogP contribution in [0.2, 0.25) is 0 Å². The maximum absolute atomic E-state index is 12.0. The highest BCUT2D eigenvalue weighted by molar-refractivity contribution is 5.81. The second kappa shape index (κ2) is 10.7. The maximum Gasteiger partial charge on any atom is 0.266 e. The van der Waals surface area contributed by atoms with E-state index in [0.29, 0.717) is 0 Å². The summed E-state index contributed by atoms with van der Waals surface area (Å²) in [5, 5.41) is 9.12. The number of hydrogen-bond acceptors (Lipinski definition) is 2. The largest absolute Gasteiger partial charge is 0.320 e. The Kier molecular flexibility index (Phi) is 8.60. The minimum atomic E-state index is -0.363. The van der Waals surface area contributed by atoms with Gasteiger partial charge in [0, 0.05) is 5.56 Å². The first kappa shape index (κ1) is 20.9. The van der Waals surface area contributed by atoms with Crippen molar-refractivity contribution < 1.29 is 0 Å². The second-order valence-electron chi connectivity index (χ2n) is 5.14. The SMILES string of the molecule is CC.CC.Cc1ccc(-c2[nH]c(=O)c(C#N)cc2-c2ccccc2)cc1. The number of H-pyrrole nitrogens is 1. The summed E-state index contributed by atoms with van der Waals surface area (Å²) in [6, 6.07) is 21.3. The van der Waals surface area contributed by atoms with E-state index in [1.165, 1.54) is 0 Å². The molecule has 0 aliphatic rings. The van der Waals surface area contributed by atoms with Crippen LogP contribution < -0.4 is 5.56 Å². The lowest BCUT2D eigenvalue weighted by Crippen LogP contribution is -2.11. The van der Waals surface area contributed by atoms with Crippen LogP contribution in [0.25, 0.3) is 22.4 Å². The summed E-state index contributed by atoms with van der Waals surface area (Å²) >= 11 is 0. The van der Waals surface area contributed by atoms with Gasteiger partial charge in [0.05, 0.1) is 5.69 Å². The van der Waals surface area contributed by atoms with Crippen LogP contribution in [0, 0.1) is 18.3 Å². The van der Waals surface area contributed by atoms with Crippen LogP contribution in [0.3, 0.4) is 0 Å². The van der Waals surface area contributed by atoms with Gasteiger partial charge in [-0.2, -0.15) is 5.26 Å². The molecule has 0 atom stereocenters. The molecule has 0 aliphatic heterocycles. The average Bonchev–Trinajstić information content (AvgIpc) is 2.72. The summed E-state index contributed by atoms with van der Waals surface area (Å²) in [5.74, 6) is 0. The standard InChI is InChI=1S/C19H14N2O.2C2H6/c1-13-7-9-15(10-8-13)18-17(14-5-3-2-4-6-14)11-16(12-20)19(22)21-18;2*1-2/h2-11H,1H3,(H,21,22);2*1-2H3. The molecule has 0 fully saturated rings. The third-order valence-corrected chi connectivity index (χ3v) is 3.59. The fourth-order valence-electron chi connectivity index (χ4n) is 2.41. The van der Waals surface area contributed by atoms with Crippen LogP contribution in [0.5, 0.6) is 0 Å². The maximum atomic E-state index is 12.0. The zero-order valence-electron chi connectivity index (χ0n) is 16.1. The van der Waals surface area contributed by atoms with E-state index in [4.69, 9.17) is 5.26 Å². The summed E-state index contributed by atoms with van der Waals surface area (Å²) in [4.78, 5) is 14.9. The molecular weight excluding hydrogens is 320 g/mol. The lowest BCUT2D eigenvalue weighted by atomic mass is 9.97. The molecule has 0 unspecified atom stereocenters. The molecule has 3 rings (SSSR count). The predicted molar refractivity (Wildman–Crippen MR) is 110 cm³/mol. The van der Waals surface area contributed by atoms with E-state index in [0.717, 1.165) is 27.9 Å². The molecule has 3 nitrogen and oxygen atoms in total. The van der Waals surface area contributed by atoms with Gasteiger partial charge in [-0.15, -0.1) is 0 Å². The second-order valence-corrected chi connectivity index (χ2v) is 5.14. The van der Waals surface area contributed by atoms with Gasteiger partial charge in [0.1, 0.15) is 11.6 Å². The first-order chi connectivity index (χ1) is 12.7. The number of nitrogens with zero attached hydrogens (tertiary/aromatic N) is 1. The Morgan fingerprint density at radius 3 is 1.96 bits per heavy atom. The smallest absolute Gasteiger partial charge is 0.266 e. The van der Waals surface area contributed by atoms with Gasteiger partial charge in [-0.3, -0.25) is 4.79 Å². The van der Waals surface area contributed by atoms with Crippen molar-refractivity contribution in [3.05, 3.63) is 82.1 Å². The minimum absolute atomic E-state index is 0.120. The summed E-state index contributed by atoms with van der Waals surface area (Å²) < 4.78 is 0. The highest BCUT2D eigenvalue weighted by Crippen LogP contribution is 2.30. The molecule has 1 heterocycles. The quantitative estimate of drug-likeness (QED) is 0.624. The van der Waals surface area contributed by atoms with E-state index < -0.39 is 0 Å². The molecule has 0 bridgehead atoms. The van der Waals surface area contributed by atoms with Crippen LogP contribution in [-0.4, -0.2) is 4.98 Å². The Hall–Kier alpha value is -3.12. The lowest BCUT2D eigenvalue weighted by Gasteiger charge is -2.11. The summed E-state index contributed by atoms with van der Waals surface area (Å²) in [5.41, 5.74) is 4.38. The van der Waals surface area contributed by atoms with E-state index >= 15 is 0 Å². The van der Waals surface area contributed by atoms with Crippen molar-refractivity contribution in [3.8, 4) is 28.5 Å². The topological polar surface area (TPSA) is 56.6 Å². The molecule has 1 N–H and O–H groups in total. The van der Waals surface area contributed by atoms with Crippen molar-refractivity contribution in [3.63, 3.8) is 0 Å². The lowest BCUT2D eigenvalue weighted by molar-refractivity contribution is 1.22. The minimum Gasteiger partial charge on any atom is -0.320 e. The molecule has 1 aromatic heterocycles. The zero-order chi connectivity index (χ0) is 19.5. The van der Waals surface area contributed by atoms with Gasteiger partial charge in [0.2, 0.25) is 0 Å². The van der Waals surface area contributed by atoms with Crippen LogP contribution in [0.15, 0.2) is 65.5 Å². The summed E-state index contributed by atoms with van der Waals surface area (Å²) in [6.07, 6.45) is 0. The number of hydrogen-bond donors (Lipinski definition) is 1. The van der Waals surface area contributed by atoms with Gasteiger partial charge in [0.25, 0.3) is 5.56 Å². The van der Waals surface area contributed by atoms with E-state index in [1.54, 1.807) is 6.07 Å². The van der Waals surface area contributed by atoms with E-state index in [1.807, 2.05) is 95.3 Å². The van der Waals surface area contributed by atoms with Crippen molar-refractivity contribution in [2.24, 2.45) is 0 Å². The Morgan fingerprint density at radius 1 is 0.846 bits per heavy atom. The predicted octanol–water partition coefficient (Wildman–Crippen LogP) is 5.94. The van der Waals surface area contributed by atoms with Crippen molar-refractivity contribution in [1.82, 2.24) is 4.98 Å². The molecule has 3 aromatic rings. The number of benzene rings is 2. The van der Waals surface area contributed by atoms with Crippen LogP contribution >= 0.6 is 0 Å². The third kappa shape index (κ3) is 4.94. The normalized spacial score (nSPS) is 9.08. The van der Waals surface area contributed by atoms with Crippen molar-refractivity contribution >= 4 is 0 Å². The Balaban J connectivity index is 0.000000791. The summed E-state index contributed by atoms with van der Waals surface area (Å²) in [7, 11) is 0. The Bertz CT molecular complexity index is 902. The zero-order valence-corrected chi connectivity index (χ0v) is 16.1. The van der Waals surface area contributed by atoms with E-state index in [2.05, 4.69) is 4.98 Å². The molecule has 0 aliphatic carbocycles. The van der Waals surface area contributed by atoms with Gasteiger partial charge < -0.3 is 4.98 Å². The van der Waals surface area contributed by atoms with E-state index in [9.17, 15) is 4.79 Å². The van der Waals surface area contributed by atoms with Gasteiger partial charge in [-0.25, -0.2) is 0 Å². The van der Waals surface area contributed by atoms with Crippen LogP contribution in [-0.2, 0) is 0 Å². The Morgan fingerprint density at radius 2 is 1.42 bits per heavy atom. The molecule has 26 heavy (non-hydrogen) atoms. The van der Waals surface area contributed by atoms with Crippen molar-refractivity contribution in [2.45, 2.75) is 34.6 Å². The van der Waals surface area contributed by atoms with Crippen LogP contribution in [0.4, 0.5) is 0 Å². The van der Waals surface area contributed by atoms with Gasteiger partial charge in [-0.05, 0) is 24.1 Å². The molecule has 0 radical (unpaired) electrons. The van der Waals surface area contributed by atoms with E-state index in [-0.39, 0.29) is 11.1 Å². The molecule has 0 amide bonds. The van der Waals surface area contributed by atoms with Crippen LogP contribution in [0.1, 0.15) is 38.8 Å². The first-order valence-corrected chi connectivity index (χ1v) is 8.99. The van der Waals surface area contributed by atoms with Crippen molar-refractivity contribution in [2.75, 3.05) is 0 Å². The molecule has 3 heteroatoms. The number of aromatic amines is 1. The number of nitriles is 1. The Labute approximate surface area is 156 Å². The molecule has 2 aromatic carbocycles. The van der Waals surface area contributed by atoms with Gasteiger partial charge >= 0.3 is 0 Å². The molecule has 0 saturated carbocycles. The number of aromatic nitrogens is 1. The molecule has 134 valence electrons. The third-order valence-electron chi connectivity index (χ3n) is 3.59. The highest BCUT2D eigenvalue weighted by Gasteiger charge is 2.12. The van der Waals surface area contributed by atoms with Crippen molar-refractivity contribution in [1.29, 1.82) is 5.26 Å². The molecule has 0 spiro atoms. The fraction of sp³-hybridized carbons (Fsp3) is 0.217. The summed E-state index contributed by atoms with van der Waals surface area (Å²) in [6.45, 7) is 10.0. The number of pyridine rings is 1. The van der Waals surface area contributed by atoms with Gasteiger partial charge in [0.15, 0.2) is 0 Å². The number of aryl methyl sites for hydroxylation is 1. The average molecular weight is 346 g/mol. The monoisotopic (exact) mass is 346 g/mol. The number of rotatable bonds is 2.